The Morgan fingerprint density at radius 1 is 1.29 bits per heavy atom. The molecule has 2 bridgehead atoms. The fourth-order valence-corrected chi connectivity index (χ4v) is 4.29. The number of aromatic nitrogens is 3. The molecule has 1 atom stereocenters. The molecule has 3 fully saturated rings. The maximum atomic E-state index is 12.6. The molecule has 2 aromatic rings. The van der Waals surface area contributed by atoms with Crippen LogP contribution in [-0.2, 0) is 5.54 Å². The van der Waals surface area contributed by atoms with Crippen LogP contribution in [0.4, 0.5) is 19.0 Å². The highest BCUT2D eigenvalue weighted by Crippen LogP contribution is 2.64. The van der Waals surface area contributed by atoms with Crippen LogP contribution in [0, 0.1) is 5.92 Å². The van der Waals surface area contributed by atoms with Gasteiger partial charge in [0.2, 0.25) is 0 Å². The van der Waals surface area contributed by atoms with Gasteiger partial charge in [0.1, 0.15) is 11.9 Å². The molecule has 3 aliphatic rings. The monoisotopic (exact) mass is 397 g/mol. The number of alkyl halides is 3. The van der Waals surface area contributed by atoms with Crippen LogP contribution < -0.4 is 16.2 Å². The summed E-state index contributed by atoms with van der Waals surface area (Å²) >= 11 is 0. The summed E-state index contributed by atoms with van der Waals surface area (Å²) in [6.07, 6.45) is -0.256. The number of anilines is 1. The van der Waals surface area contributed by atoms with E-state index in [1.807, 2.05) is 18.4 Å². The van der Waals surface area contributed by atoms with E-state index >= 15 is 0 Å². The number of nitrogen functional groups attached to an aromatic ring is 1. The Labute approximate surface area is 159 Å². The third-order valence-corrected chi connectivity index (χ3v) is 5.59. The molecule has 7 nitrogen and oxygen atoms in total. The van der Waals surface area contributed by atoms with E-state index in [1.54, 1.807) is 6.20 Å². The number of aliphatic hydroxyl groups is 1. The first kappa shape index (κ1) is 19.0. The predicted molar refractivity (Wildman–Crippen MR) is 95.1 cm³/mol. The molecule has 1 unspecified atom stereocenters. The Kier molecular flexibility index (Phi) is 3.96. The van der Waals surface area contributed by atoms with Gasteiger partial charge in [-0.3, -0.25) is 0 Å². The zero-order valence-electron chi connectivity index (χ0n) is 15.5. The van der Waals surface area contributed by atoms with Gasteiger partial charge in [0.05, 0.1) is 11.2 Å². The van der Waals surface area contributed by atoms with Crippen molar-refractivity contribution in [1.82, 2.24) is 14.5 Å². The van der Waals surface area contributed by atoms with E-state index in [-0.39, 0.29) is 22.8 Å². The largest absolute Gasteiger partial charge is 0.573 e. The number of imidazole rings is 1. The molecule has 3 aliphatic carbocycles. The van der Waals surface area contributed by atoms with Crippen LogP contribution in [0.5, 0.6) is 5.75 Å². The maximum absolute atomic E-state index is 12.6. The minimum atomic E-state index is -4.88. The Bertz CT molecular complexity index is 905. The lowest BCUT2D eigenvalue weighted by molar-refractivity contribution is -0.274. The topological polar surface area (TPSA) is 112 Å². The Morgan fingerprint density at radius 2 is 1.93 bits per heavy atom. The van der Waals surface area contributed by atoms with Crippen molar-refractivity contribution >= 4 is 5.82 Å². The molecule has 2 heterocycles. The van der Waals surface area contributed by atoms with Crippen LogP contribution in [0.1, 0.15) is 45.0 Å². The second-order valence-corrected chi connectivity index (χ2v) is 8.32. The zero-order valence-corrected chi connectivity index (χ0v) is 15.5. The quantitative estimate of drug-likeness (QED) is 0.715. The summed E-state index contributed by atoms with van der Waals surface area (Å²) in [6.45, 7) is 3.74. The van der Waals surface area contributed by atoms with Crippen molar-refractivity contribution in [3.8, 4) is 17.0 Å². The lowest BCUT2D eigenvalue weighted by Gasteiger charge is -2.69. The van der Waals surface area contributed by atoms with E-state index in [4.69, 9.17) is 11.5 Å². The van der Waals surface area contributed by atoms with E-state index in [2.05, 4.69) is 14.7 Å². The number of hydrogen-bond acceptors (Lipinski definition) is 6. The molecule has 5 N–H and O–H groups in total. The summed E-state index contributed by atoms with van der Waals surface area (Å²) in [5.74, 6) is -0.562. The zero-order chi connectivity index (χ0) is 20.5. The van der Waals surface area contributed by atoms with E-state index in [1.165, 1.54) is 6.20 Å². The number of aliphatic hydroxyl groups excluding tert-OH is 1. The molecular weight excluding hydrogens is 375 g/mol. The SMILES string of the molecule is CC(C)C(O)c1nc(-c2cnc(N)c(OC(F)(F)F)c2)cn1C12CC(N)(C1)C2. The molecule has 28 heavy (non-hydrogen) atoms. The normalized spacial score (nSPS) is 27.3. The van der Waals surface area contributed by atoms with E-state index in [9.17, 15) is 18.3 Å². The van der Waals surface area contributed by atoms with Gasteiger partial charge in [-0.1, -0.05) is 13.8 Å². The molecule has 0 saturated heterocycles. The van der Waals surface area contributed by atoms with Gasteiger partial charge in [-0.15, -0.1) is 13.2 Å². The van der Waals surface area contributed by atoms with Crippen molar-refractivity contribution < 1.29 is 23.0 Å². The summed E-state index contributed by atoms with van der Waals surface area (Å²) in [6, 6.07) is 1.15. The lowest BCUT2D eigenvalue weighted by atomic mass is 9.44. The van der Waals surface area contributed by atoms with Crippen LogP contribution in [0.25, 0.3) is 11.3 Å². The molecule has 3 saturated carbocycles. The van der Waals surface area contributed by atoms with Gasteiger partial charge in [-0.05, 0) is 31.2 Å². The minimum Gasteiger partial charge on any atom is -0.402 e. The van der Waals surface area contributed by atoms with Gasteiger partial charge in [0, 0.05) is 23.5 Å². The van der Waals surface area contributed by atoms with Gasteiger partial charge >= 0.3 is 6.36 Å². The molecule has 2 aromatic heterocycles. The first-order valence-electron chi connectivity index (χ1n) is 9.00. The van der Waals surface area contributed by atoms with Crippen LogP contribution >= 0.6 is 0 Å². The number of ether oxygens (including phenoxy) is 1. The van der Waals surface area contributed by atoms with Gasteiger partial charge in [0.15, 0.2) is 11.6 Å². The van der Waals surface area contributed by atoms with Crippen LogP contribution in [0.3, 0.4) is 0 Å². The average molecular weight is 397 g/mol. The molecule has 152 valence electrons. The molecule has 0 spiro atoms. The third-order valence-electron chi connectivity index (χ3n) is 5.59. The van der Waals surface area contributed by atoms with Gasteiger partial charge in [-0.25, -0.2) is 9.97 Å². The van der Waals surface area contributed by atoms with Gasteiger partial charge in [0.25, 0.3) is 0 Å². The van der Waals surface area contributed by atoms with Crippen molar-refractivity contribution in [2.24, 2.45) is 11.7 Å². The van der Waals surface area contributed by atoms with Crippen molar-refractivity contribution in [3.63, 3.8) is 0 Å². The number of pyridine rings is 1. The van der Waals surface area contributed by atoms with Gasteiger partial charge in [-0.2, -0.15) is 0 Å². The first-order chi connectivity index (χ1) is 12.9. The van der Waals surface area contributed by atoms with E-state index < -0.39 is 18.2 Å². The van der Waals surface area contributed by atoms with Crippen molar-refractivity contribution in [2.75, 3.05) is 5.73 Å². The number of rotatable bonds is 5. The highest BCUT2D eigenvalue weighted by molar-refractivity contribution is 5.64. The third kappa shape index (κ3) is 3.00. The second kappa shape index (κ2) is 5.84. The van der Waals surface area contributed by atoms with Gasteiger partial charge < -0.3 is 25.9 Å². The summed E-state index contributed by atoms with van der Waals surface area (Å²) in [5.41, 5.74) is 12.0. The highest BCUT2D eigenvalue weighted by atomic mass is 19.4. The second-order valence-electron chi connectivity index (χ2n) is 8.32. The number of nitrogens with zero attached hydrogens (tertiary/aromatic N) is 3. The van der Waals surface area contributed by atoms with Crippen molar-refractivity contribution in [1.29, 1.82) is 0 Å². The molecule has 10 heteroatoms. The summed E-state index contributed by atoms with van der Waals surface area (Å²) < 4.78 is 43.7. The van der Waals surface area contributed by atoms with E-state index in [0.717, 1.165) is 25.3 Å². The van der Waals surface area contributed by atoms with Crippen molar-refractivity contribution in [3.05, 3.63) is 24.3 Å². The van der Waals surface area contributed by atoms with Crippen LogP contribution in [0.15, 0.2) is 18.5 Å². The minimum absolute atomic E-state index is 0.0816. The molecule has 0 amide bonds. The fraction of sp³-hybridized carbons (Fsp3) is 0.556. The molecule has 0 radical (unpaired) electrons. The van der Waals surface area contributed by atoms with Crippen LogP contribution in [0.2, 0.25) is 0 Å². The first-order valence-corrected chi connectivity index (χ1v) is 9.00. The Balaban J connectivity index is 1.74. The predicted octanol–water partition coefficient (Wildman–Crippen LogP) is 2.71. The van der Waals surface area contributed by atoms with E-state index in [0.29, 0.717) is 17.1 Å². The molecule has 0 aromatic carbocycles. The molecule has 5 rings (SSSR count). The summed E-state index contributed by atoms with van der Waals surface area (Å²) in [5, 5.41) is 10.6. The number of nitrogens with two attached hydrogens (primary N) is 2. The number of halogens is 3. The molecule has 0 aliphatic heterocycles. The Hall–Kier alpha value is -2.33. The average Bonchev–Trinajstić information content (AvgIpc) is 2.95. The molecular formula is C18H22F3N5O2. The smallest absolute Gasteiger partial charge is 0.402 e. The van der Waals surface area contributed by atoms with Crippen LogP contribution in [-0.4, -0.2) is 31.5 Å². The summed E-state index contributed by atoms with van der Waals surface area (Å²) in [7, 11) is 0. The summed E-state index contributed by atoms with van der Waals surface area (Å²) in [4.78, 5) is 8.32. The lowest BCUT2D eigenvalue weighted by Crippen LogP contribution is -2.76. The Morgan fingerprint density at radius 3 is 2.46 bits per heavy atom. The fourth-order valence-electron chi connectivity index (χ4n) is 4.29. The van der Waals surface area contributed by atoms with Crippen molar-refractivity contribution in [2.45, 2.75) is 56.7 Å². The highest BCUT2D eigenvalue weighted by Gasteiger charge is 2.67. The maximum Gasteiger partial charge on any atom is 0.573 e. The number of hydrogen-bond donors (Lipinski definition) is 3. The standard InChI is InChI=1S/C18H22F3N5O2/c1-9(2)13(27)15-25-11(5-26(15)17-6-16(23,7-17)8-17)10-3-12(14(22)24-4-10)28-18(19,20)21/h3-5,9,13,27H,6-8,23H2,1-2H3,(H2,22,24).